The van der Waals surface area contributed by atoms with Crippen LogP contribution in [0.25, 0.3) is 33.2 Å². The fraction of sp³-hybridized carbons (Fsp3) is 0.240. The van der Waals surface area contributed by atoms with Crippen LogP contribution in [0.1, 0.15) is 6.92 Å². The number of benzene rings is 2. The molecule has 0 bridgehead atoms. The van der Waals surface area contributed by atoms with E-state index in [0.29, 0.717) is 6.04 Å². The Hall–Kier alpha value is -3.11. The van der Waals surface area contributed by atoms with Gasteiger partial charge in [-0.15, -0.1) is 0 Å². The van der Waals surface area contributed by atoms with Crippen molar-refractivity contribution in [2.24, 2.45) is 0 Å². The number of nitrogens with zero attached hydrogens (tertiary/aromatic N) is 3. The molecule has 0 aliphatic carbocycles. The summed E-state index contributed by atoms with van der Waals surface area (Å²) in [5.41, 5.74) is 5.77. The van der Waals surface area contributed by atoms with Crippen molar-refractivity contribution in [3.8, 4) is 28.0 Å². The Morgan fingerprint density at radius 1 is 0.966 bits per heavy atom. The van der Waals surface area contributed by atoms with E-state index in [9.17, 15) is 0 Å². The molecular weight excluding hydrogens is 358 g/mol. The Bertz CT molecular complexity index is 1130. The molecule has 0 amide bonds. The third-order valence-electron chi connectivity index (χ3n) is 5.58. The van der Waals surface area contributed by atoms with Crippen LogP contribution in [-0.2, 0) is 6.54 Å². The maximum Gasteiger partial charge on any atom is 0.119 e. The first-order valence-electron chi connectivity index (χ1n) is 9.91. The zero-order chi connectivity index (χ0) is 20.4. The minimum atomic E-state index is 0.444. The van der Waals surface area contributed by atoms with Crippen LogP contribution in [0.4, 0.5) is 0 Å². The summed E-state index contributed by atoms with van der Waals surface area (Å²) in [7, 11) is 5.94. The maximum absolute atomic E-state index is 5.38. The van der Waals surface area contributed by atoms with Gasteiger partial charge in [0.05, 0.1) is 7.11 Å². The minimum absolute atomic E-state index is 0.444. The molecule has 1 unspecified atom stereocenters. The van der Waals surface area contributed by atoms with Crippen LogP contribution in [0.15, 0.2) is 73.2 Å². The predicted octanol–water partition coefficient (Wildman–Crippen LogP) is 5.33. The monoisotopic (exact) mass is 385 g/mol. The number of likely N-dealkylation sites (N-methyl/N-ethyl adjacent to an activating group) is 1. The molecule has 0 aliphatic heterocycles. The molecule has 0 N–H and O–H groups in total. The molecule has 0 aliphatic rings. The average molecular weight is 386 g/mol. The minimum Gasteiger partial charge on any atom is -0.497 e. The summed E-state index contributed by atoms with van der Waals surface area (Å²) < 4.78 is 7.74. The highest BCUT2D eigenvalue weighted by atomic mass is 16.5. The summed E-state index contributed by atoms with van der Waals surface area (Å²) >= 11 is 0. The van der Waals surface area contributed by atoms with Gasteiger partial charge in [0, 0.05) is 58.8 Å². The second kappa shape index (κ2) is 8.10. The van der Waals surface area contributed by atoms with Gasteiger partial charge in [0.25, 0.3) is 0 Å². The van der Waals surface area contributed by atoms with Gasteiger partial charge in [-0.2, -0.15) is 0 Å². The lowest BCUT2D eigenvalue weighted by atomic mass is 10.0. The topological polar surface area (TPSA) is 30.3 Å². The van der Waals surface area contributed by atoms with Crippen LogP contribution < -0.4 is 4.74 Å². The van der Waals surface area contributed by atoms with Crippen molar-refractivity contribution < 1.29 is 4.74 Å². The van der Waals surface area contributed by atoms with Gasteiger partial charge in [-0.3, -0.25) is 4.98 Å². The first-order valence-corrected chi connectivity index (χ1v) is 9.91. The Kier molecular flexibility index (Phi) is 5.36. The fourth-order valence-electron chi connectivity index (χ4n) is 3.62. The Labute approximate surface area is 172 Å². The highest BCUT2D eigenvalue weighted by molar-refractivity contribution is 5.96. The van der Waals surface area contributed by atoms with Crippen molar-refractivity contribution in [1.82, 2.24) is 14.5 Å². The number of hydrogen-bond donors (Lipinski definition) is 0. The number of rotatable bonds is 6. The van der Waals surface area contributed by atoms with Gasteiger partial charge >= 0.3 is 0 Å². The van der Waals surface area contributed by atoms with Gasteiger partial charge < -0.3 is 14.2 Å². The molecule has 29 heavy (non-hydrogen) atoms. The van der Waals surface area contributed by atoms with Crippen LogP contribution in [0.3, 0.4) is 0 Å². The zero-order valence-electron chi connectivity index (χ0n) is 17.5. The quantitative estimate of drug-likeness (QED) is 0.449. The largest absolute Gasteiger partial charge is 0.497 e. The summed E-state index contributed by atoms with van der Waals surface area (Å²) in [5, 5.41) is 1.25. The number of aromatic nitrogens is 2. The van der Waals surface area contributed by atoms with Crippen LogP contribution in [-0.4, -0.2) is 41.7 Å². The molecule has 0 fully saturated rings. The molecule has 0 saturated heterocycles. The molecule has 0 radical (unpaired) electrons. The van der Waals surface area contributed by atoms with E-state index in [1.807, 2.05) is 30.6 Å². The maximum atomic E-state index is 5.38. The molecule has 2 heterocycles. The number of pyridine rings is 1. The first kappa shape index (κ1) is 19.2. The van der Waals surface area contributed by atoms with Gasteiger partial charge in [0.2, 0.25) is 0 Å². The zero-order valence-corrected chi connectivity index (χ0v) is 17.5. The van der Waals surface area contributed by atoms with Crippen molar-refractivity contribution >= 4 is 10.9 Å². The fourth-order valence-corrected chi connectivity index (χ4v) is 3.62. The lowest BCUT2D eigenvalue weighted by Gasteiger charge is -2.20. The molecule has 148 valence electrons. The van der Waals surface area contributed by atoms with E-state index < -0.39 is 0 Å². The van der Waals surface area contributed by atoms with Crippen molar-refractivity contribution in [3.63, 3.8) is 0 Å². The smallest absolute Gasteiger partial charge is 0.119 e. The molecule has 1 atom stereocenters. The number of hydrogen-bond acceptors (Lipinski definition) is 3. The van der Waals surface area contributed by atoms with Crippen LogP contribution in [0.5, 0.6) is 5.75 Å². The molecule has 0 saturated carbocycles. The third-order valence-corrected chi connectivity index (χ3v) is 5.58. The standard InChI is InChI=1S/C25H27N3O/c1-18(27(2)3)16-28-17-24(23-10-5-6-11-25(23)28)21-12-20(14-26-15-21)19-8-7-9-22(13-19)29-4/h5-15,17-18H,16H2,1-4H3. The van der Waals surface area contributed by atoms with Crippen molar-refractivity contribution in [2.75, 3.05) is 21.2 Å². The Morgan fingerprint density at radius 2 is 1.76 bits per heavy atom. The van der Waals surface area contributed by atoms with Gasteiger partial charge in [-0.1, -0.05) is 30.3 Å². The SMILES string of the molecule is COc1cccc(-c2cncc(-c3cn(CC(C)N(C)C)c4ccccc34)c2)c1. The Morgan fingerprint density at radius 3 is 2.55 bits per heavy atom. The van der Waals surface area contributed by atoms with Crippen molar-refractivity contribution in [3.05, 3.63) is 73.2 Å². The van der Waals surface area contributed by atoms with Crippen LogP contribution in [0.2, 0.25) is 0 Å². The second-order valence-electron chi connectivity index (χ2n) is 7.72. The van der Waals surface area contributed by atoms with Crippen molar-refractivity contribution in [1.29, 1.82) is 0 Å². The summed E-state index contributed by atoms with van der Waals surface area (Å²) in [6.45, 7) is 3.19. The normalized spacial score (nSPS) is 12.4. The van der Waals surface area contributed by atoms with Gasteiger partial charge in [-0.05, 0) is 50.8 Å². The molecule has 4 heteroatoms. The van der Waals surface area contributed by atoms with Crippen molar-refractivity contribution in [2.45, 2.75) is 19.5 Å². The van der Waals surface area contributed by atoms with Crippen LogP contribution >= 0.6 is 0 Å². The van der Waals surface area contributed by atoms with Gasteiger partial charge in [-0.25, -0.2) is 0 Å². The number of fused-ring (bicyclic) bond motifs is 1. The van der Waals surface area contributed by atoms with E-state index >= 15 is 0 Å². The highest BCUT2D eigenvalue weighted by Gasteiger charge is 2.14. The predicted molar refractivity (Wildman–Crippen MR) is 120 cm³/mol. The molecule has 4 nitrogen and oxygen atoms in total. The lowest BCUT2D eigenvalue weighted by molar-refractivity contribution is 0.286. The van der Waals surface area contributed by atoms with E-state index in [1.165, 1.54) is 16.5 Å². The van der Waals surface area contributed by atoms with E-state index in [2.05, 4.69) is 78.1 Å². The van der Waals surface area contributed by atoms with E-state index in [1.54, 1.807) is 7.11 Å². The van der Waals surface area contributed by atoms with Gasteiger partial charge in [0.1, 0.15) is 5.75 Å². The summed E-state index contributed by atoms with van der Waals surface area (Å²) in [6.07, 6.45) is 6.12. The molecule has 0 spiro atoms. The second-order valence-corrected chi connectivity index (χ2v) is 7.72. The van der Waals surface area contributed by atoms with E-state index in [-0.39, 0.29) is 0 Å². The summed E-state index contributed by atoms with van der Waals surface area (Å²) in [4.78, 5) is 6.79. The van der Waals surface area contributed by atoms with E-state index in [4.69, 9.17) is 4.74 Å². The van der Waals surface area contributed by atoms with Gasteiger partial charge in [0.15, 0.2) is 0 Å². The summed E-state index contributed by atoms with van der Waals surface area (Å²) in [6, 6.07) is 19.4. The molecule has 4 aromatic rings. The summed E-state index contributed by atoms with van der Waals surface area (Å²) in [5.74, 6) is 0.849. The molecule has 2 aromatic carbocycles. The number of methoxy groups -OCH3 is 1. The average Bonchev–Trinajstić information content (AvgIpc) is 3.12. The van der Waals surface area contributed by atoms with Crippen LogP contribution in [0, 0.1) is 0 Å². The highest BCUT2D eigenvalue weighted by Crippen LogP contribution is 2.33. The Balaban J connectivity index is 1.79. The molecular formula is C25H27N3O. The third kappa shape index (κ3) is 3.89. The molecule has 2 aromatic heterocycles. The number of para-hydroxylation sites is 1. The number of ether oxygens (including phenoxy) is 1. The molecule has 4 rings (SSSR count). The lowest BCUT2D eigenvalue weighted by Crippen LogP contribution is -2.28. The van der Waals surface area contributed by atoms with E-state index in [0.717, 1.165) is 29.0 Å². The first-order chi connectivity index (χ1) is 14.1.